The van der Waals surface area contributed by atoms with E-state index in [0.29, 0.717) is 0 Å². The zero-order valence-corrected chi connectivity index (χ0v) is 13.3. The lowest BCUT2D eigenvalue weighted by molar-refractivity contribution is 0.598. The zero-order valence-electron chi connectivity index (χ0n) is 11.7. The molecule has 112 valence electrons. The number of benzene rings is 2. The summed E-state index contributed by atoms with van der Waals surface area (Å²) in [6.07, 6.45) is 0. The van der Waals surface area contributed by atoms with Gasteiger partial charge in [0.1, 0.15) is 0 Å². The zero-order chi connectivity index (χ0) is 15.6. The van der Waals surface area contributed by atoms with Crippen LogP contribution in [0.4, 0.5) is 0 Å². The summed E-state index contributed by atoms with van der Waals surface area (Å²) in [5.41, 5.74) is 2.24. The van der Waals surface area contributed by atoms with E-state index in [0.717, 1.165) is 16.0 Å². The van der Waals surface area contributed by atoms with Gasteiger partial charge in [0, 0.05) is 16.2 Å². The topological polar surface area (TPSA) is 60.2 Å². The van der Waals surface area contributed by atoms with Crippen molar-refractivity contribution in [1.82, 2.24) is 0 Å². The molecule has 3 aromatic rings. The molecule has 0 fully saturated rings. The lowest BCUT2D eigenvalue weighted by atomic mass is 9.90. The second-order valence-electron chi connectivity index (χ2n) is 4.98. The maximum absolute atomic E-state index is 11.5. The fraction of sp³-hybridized carbons (Fsp3) is 0.0588. The number of sulfonamides is 1. The van der Waals surface area contributed by atoms with Gasteiger partial charge in [0.15, 0.2) is 0 Å². The van der Waals surface area contributed by atoms with E-state index in [1.54, 1.807) is 11.4 Å². The molecule has 2 N–H and O–H groups in total. The molecule has 0 aliphatic rings. The molecule has 0 amide bonds. The Hall–Kier alpha value is -1.95. The summed E-state index contributed by atoms with van der Waals surface area (Å²) in [6.45, 7) is 0. The molecule has 3 rings (SSSR count). The largest absolute Gasteiger partial charge is 0.238 e. The number of hydrogen-bond donors (Lipinski definition) is 1. The Bertz CT molecular complexity index is 816. The third-order valence-corrected chi connectivity index (χ3v) is 5.51. The minimum absolute atomic E-state index is 0.00269. The molecule has 22 heavy (non-hydrogen) atoms. The molecule has 5 heteroatoms. The van der Waals surface area contributed by atoms with Crippen LogP contribution in [-0.2, 0) is 10.0 Å². The Kier molecular flexibility index (Phi) is 4.11. The molecule has 0 saturated carbocycles. The van der Waals surface area contributed by atoms with Crippen molar-refractivity contribution in [1.29, 1.82) is 0 Å². The predicted octanol–water partition coefficient (Wildman–Crippen LogP) is 3.58. The monoisotopic (exact) mass is 329 g/mol. The Morgan fingerprint density at radius 2 is 1.36 bits per heavy atom. The summed E-state index contributed by atoms with van der Waals surface area (Å²) in [7, 11) is -3.67. The van der Waals surface area contributed by atoms with Gasteiger partial charge in [-0.2, -0.15) is 0 Å². The molecule has 0 atom stereocenters. The van der Waals surface area contributed by atoms with Gasteiger partial charge in [-0.15, -0.1) is 11.3 Å². The molecule has 2 aromatic carbocycles. The Balaban J connectivity index is 2.13. The molecule has 1 heterocycles. The highest BCUT2D eigenvalue weighted by atomic mass is 32.2. The molecule has 1 aromatic heterocycles. The van der Waals surface area contributed by atoms with Crippen LogP contribution in [0.5, 0.6) is 0 Å². The third-order valence-electron chi connectivity index (χ3n) is 3.47. The molecule has 0 saturated heterocycles. The van der Waals surface area contributed by atoms with E-state index in [2.05, 4.69) is 0 Å². The Labute approximate surface area is 134 Å². The van der Waals surface area contributed by atoms with Crippen molar-refractivity contribution in [3.05, 3.63) is 88.1 Å². The van der Waals surface area contributed by atoms with Gasteiger partial charge in [0.05, 0.1) is 4.90 Å². The van der Waals surface area contributed by atoms with Gasteiger partial charge < -0.3 is 0 Å². The van der Waals surface area contributed by atoms with Crippen LogP contribution in [0.1, 0.15) is 21.9 Å². The number of nitrogens with two attached hydrogens (primary N) is 1. The van der Waals surface area contributed by atoms with Gasteiger partial charge in [-0.3, -0.25) is 0 Å². The van der Waals surface area contributed by atoms with E-state index in [9.17, 15) is 8.42 Å². The molecule has 0 bridgehead atoms. The van der Waals surface area contributed by atoms with Crippen molar-refractivity contribution >= 4 is 21.4 Å². The number of primary sulfonamides is 1. The molecule has 0 aliphatic heterocycles. The maximum Gasteiger partial charge on any atom is 0.238 e. The average Bonchev–Trinajstić information content (AvgIpc) is 2.99. The van der Waals surface area contributed by atoms with Gasteiger partial charge in [0.2, 0.25) is 10.0 Å². The number of thiophene rings is 1. The first-order chi connectivity index (χ1) is 10.6. The fourth-order valence-electron chi connectivity index (χ4n) is 2.45. The lowest BCUT2D eigenvalue weighted by Crippen LogP contribution is -2.11. The standard InChI is InChI=1S/C17H15NO2S2/c18-22(19,20)15-11-16(21-12-15)17(13-7-3-1-4-8-13)14-9-5-2-6-10-14/h1-12,17H,(H2,18,19,20). The minimum atomic E-state index is -3.67. The first-order valence-corrected chi connectivity index (χ1v) is 9.19. The van der Waals surface area contributed by atoms with Crippen LogP contribution >= 0.6 is 11.3 Å². The highest BCUT2D eigenvalue weighted by molar-refractivity contribution is 7.89. The molecular formula is C17H15NO2S2. The van der Waals surface area contributed by atoms with E-state index >= 15 is 0 Å². The van der Waals surface area contributed by atoms with Gasteiger partial charge >= 0.3 is 0 Å². The van der Waals surface area contributed by atoms with Gasteiger partial charge in [0.25, 0.3) is 0 Å². The van der Waals surface area contributed by atoms with E-state index < -0.39 is 10.0 Å². The maximum atomic E-state index is 11.5. The van der Waals surface area contributed by atoms with E-state index in [1.165, 1.54) is 11.3 Å². The first-order valence-electron chi connectivity index (χ1n) is 6.77. The number of hydrogen-bond acceptors (Lipinski definition) is 3. The van der Waals surface area contributed by atoms with Crippen LogP contribution in [-0.4, -0.2) is 8.42 Å². The molecule has 0 aliphatic carbocycles. The highest BCUT2D eigenvalue weighted by Crippen LogP contribution is 2.36. The van der Waals surface area contributed by atoms with E-state index in [4.69, 9.17) is 5.14 Å². The Morgan fingerprint density at radius 3 is 1.77 bits per heavy atom. The van der Waals surface area contributed by atoms with Crippen molar-refractivity contribution in [2.24, 2.45) is 5.14 Å². The third kappa shape index (κ3) is 3.11. The molecule has 0 unspecified atom stereocenters. The van der Waals surface area contributed by atoms with Crippen molar-refractivity contribution in [3.8, 4) is 0 Å². The van der Waals surface area contributed by atoms with Crippen LogP contribution < -0.4 is 5.14 Å². The summed E-state index contributed by atoms with van der Waals surface area (Å²) in [6, 6.07) is 21.7. The van der Waals surface area contributed by atoms with Crippen LogP contribution in [0, 0.1) is 0 Å². The summed E-state index contributed by atoms with van der Waals surface area (Å²) >= 11 is 1.42. The predicted molar refractivity (Wildman–Crippen MR) is 89.5 cm³/mol. The summed E-state index contributed by atoms with van der Waals surface area (Å²) in [5.74, 6) is 0.00269. The summed E-state index contributed by atoms with van der Waals surface area (Å²) in [5, 5.41) is 6.83. The van der Waals surface area contributed by atoms with Crippen molar-refractivity contribution in [2.75, 3.05) is 0 Å². The normalized spacial score (nSPS) is 11.7. The van der Waals surface area contributed by atoms with Gasteiger partial charge in [-0.1, -0.05) is 60.7 Å². The van der Waals surface area contributed by atoms with E-state index in [-0.39, 0.29) is 10.8 Å². The van der Waals surface area contributed by atoms with Gasteiger partial charge in [-0.05, 0) is 17.2 Å². The van der Waals surface area contributed by atoms with Crippen molar-refractivity contribution < 1.29 is 8.42 Å². The van der Waals surface area contributed by atoms with Crippen molar-refractivity contribution in [3.63, 3.8) is 0 Å². The van der Waals surface area contributed by atoms with E-state index in [1.807, 2.05) is 60.7 Å². The van der Waals surface area contributed by atoms with Crippen LogP contribution in [0.3, 0.4) is 0 Å². The van der Waals surface area contributed by atoms with Crippen LogP contribution in [0.25, 0.3) is 0 Å². The quantitative estimate of drug-likeness (QED) is 0.795. The molecule has 0 radical (unpaired) electrons. The first kappa shape index (κ1) is 15.0. The average molecular weight is 329 g/mol. The lowest BCUT2D eigenvalue weighted by Gasteiger charge is -2.16. The van der Waals surface area contributed by atoms with Crippen LogP contribution in [0.15, 0.2) is 77.0 Å². The SMILES string of the molecule is NS(=O)(=O)c1csc(C(c2ccccc2)c2ccccc2)c1. The van der Waals surface area contributed by atoms with Crippen LogP contribution in [0.2, 0.25) is 0 Å². The van der Waals surface area contributed by atoms with Gasteiger partial charge in [-0.25, -0.2) is 13.6 Å². The smallest absolute Gasteiger partial charge is 0.225 e. The minimum Gasteiger partial charge on any atom is -0.225 e. The second kappa shape index (κ2) is 6.04. The second-order valence-corrected chi connectivity index (χ2v) is 7.49. The number of rotatable bonds is 4. The fourth-order valence-corrected chi connectivity index (χ4v) is 4.42. The summed E-state index contributed by atoms with van der Waals surface area (Å²) in [4.78, 5) is 1.13. The molecule has 3 nitrogen and oxygen atoms in total. The van der Waals surface area contributed by atoms with Crippen molar-refractivity contribution in [2.45, 2.75) is 10.8 Å². The summed E-state index contributed by atoms with van der Waals surface area (Å²) < 4.78 is 23.1. The highest BCUT2D eigenvalue weighted by Gasteiger charge is 2.20. The Morgan fingerprint density at radius 1 is 0.864 bits per heavy atom. The molecular weight excluding hydrogens is 314 g/mol. The molecule has 0 spiro atoms.